The van der Waals surface area contributed by atoms with Crippen LogP contribution in [0.25, 0.3) is 22.8 Å². The number of hydrogen-bond donors (Lipinski definition) is 7. The third-order valence-electron chi connectivity index (χ3n) is 10.7. The van der Waals surface area contributed by atoms with Crippen LogP contribution >= 0.6 is 0 Å². The van der Waals surface area contributed by atoms with Crippen LogP contribution in [-0.4, -0.2) is 88.7 Å². The summed E-state index contributed by atoms with van der Waals surface area (Å²) in [6.07, 6.45) is 4.74. The van der Waals surface area contributed by atoms with Gasteiger partial charge in [-0.05, 0) is 86.8 Å². The molecule has 0 radical (unpaired) electrons. The van der Waals surface area contributed by atoms with Crippen molar-refractivity contribution in [3.8, 4) is 46.5 Å². The van der Waals surface area contributed by atoms with Gasteiger partial charge in [0.2, 0.25) is 0 Å². The van der Waals surface area contributed by atoms with E-state index in [0.29, 0.717) is 30.1 Å². The molecule has 2 aromatic heterocycles. The van der Waals surface area contributed by atoms with Gasteiger partial charge in [-0.1, -0.05) is 23.7 Å². The smallest absolute Gasteiger partial charge is 0.270 e. The van der Waals surface area contributed by atoms with E-state index in [2.05, 4.69) is 39.0 Å². The van der Waals surface area contributed by atoms with Crippen molar-refractivity contribution in [1.82, 2.24) is 24.4 Å². The average molecular weight is 768 g/mol. The molecule has 2 atom stereocenters. The quantitative estimate of drug-likeness (QED) is 0.147. The summed E-state index contributed by atoms with van der Waals surface area (Å²) in [6, 6.07) is 6.11. The molecule has 0 saturated heterocycles. The van der Waals surface area contributed by atoms with Crippen molar-refractivity contribution in [2.75, 3.05) is 20.3 Å². The van der Waals surface area contributed by atoms with Gasteiger partial charge in [0.1, 0.15) is 45.9 Å². The van der Waals surface area contributed by atoms with Gasteiger partial charge in [0.05, 0.1) is 24.3 Å². The third-order valence-corrected chi connectivity index (χ3v) is 10.7. The first-order valence-electron chi connectivity index (χ1n) is 17.9. The van der Waals surface area contributed by atoms with Crippen molar-refractivity contribution in [3.05, 3.63) is 81.4 Å². The summed E-state index contributed by atoms with van der Waals surface area (Å²) < 4.78 is 32.9. The Hall–Kier alpha value is -5.91. The number of rotatable bonds is 5. The fourth-order valence-corrected chi connectivity index (χ4v) is 7.51. The molecule has 9 N–H and O–H groups in total. The minimum Gasteiger partial charge on any atom is -0.392 e. The lowest BCUT2D eigenvalue weighted by Gasteiger charge is -2.35. The van der Waals surface area contributed by atoms with Crippen LogP contribution in [0.2, 0.25) is 0 Å². The molecule has 6 heterocycles. The number of nitrogens with two attached hydrogens (primary N) is 2. The van der Waals surface area contributed by atoms with E-state index in [9.17, 15) is 33.4 Å². The van der Waals surface area contributed by atoms with Crippen LogP contribution in [0, 0.1) is 35.3 Å². The predicted octanol–water partition coefficient (Wildman–Crippen LogP) is 1.99. The first-order chi connectivity index (χ1) is 26.4. The molecule has 2 saturated carbocycles. The zero-order chi connectivity index (χ0) is 40.4. The number of primary amides is 2. The lowest BCUT2D eigenvalue weighted by Crippen LogP contribution is -2.30. The Morgan fingerprint density at radius 1 is 0.821 bits per heavy atom. The number of carbonyl (C=O) groups is 3. The molecule has 4 aromatic rings. The third kappa shape index (κ3) is 6.71. The second-order valence-electron chi connectivity index (χ2n) is 15.0. The number of nitrogens with zero attached hydrogens (tertiary/aromatic N) is 4. The van der Waals surface area contributed by atoms with Crippen molar-refractivity contribution in [3.63, 3.8) is 0 Å². The molecular formula is C40H39F2N7O7. The van der Waals surface area contributed by atoms with Crippen molar-refractivity contribution in [2.24, 2.45) is 11.5 Å². The van der Waals surface area contributed by atoms with Gasteiger partial charge >= 0.3 is 0 Å². The highest BCUT2D eigenvalue weighted by Crippen LogP contribution is 2.54. The fourth-order valence-electron chi connectivity index (χ4n) is 7.51. The van der Waals surface area contributed by atoms with Crippen molar-refractivity contribution in [1.29, 1.82) is 0 Å². The van der Waals surface area contributed by atoms with Crippen LogP contribution in [0.4, 0.5) is 8.78 Å². The number of carbonyl (C=O) groups excluding carboxylic acids is 3. The van der Waals surface area contributed by atoms with Gasteiger partial charge in [-0.3, -0.25) is 14.4 Å². The molecule has 3 amide bonds. The van der Waals surface area contributed by atoms with Crippen LogP contribution in [0.1, 0.15) is 117 Å². The van der Waals surface area contributed by atoms with Crippen molar-refractivity contribution in [2.45, 2.75) is 74.7 Å². The molecule has 16 heteroatoms. The number of benzene rings is 2. The Morgan fingerprint density at radius 3 is 1.79 bits per heavy atom. The van der Waals surface area contributed by atoms with E-state index in [1.54, 1.807) is 16.8 Å². The van der Waals surface area contributed by atoms with Gasteiger partial charge in [-0.25, -0.2) is 18.7 Å². The molecule has 4 bridgehead atoms. The number of amides is 3. The highest BCUT2D eigenvalue weighted by atomic mass is 19.1. The molecule has 14 nitrogen and oxygen atoms in total. The molecule has 290 valence electrons. The molecule has 2 aromatic carbocycles. The normalized spacial score (nSPS) is 21.2. The zero-order valence-corrected chi connectivity index (χ0v) is 30.7. The van der Waals surface area contributed by atoms with Crippen LogP contribution in [-0.2, 0) is 0 Å². The van der Waals surface area contributed by atoms with E-state index >= 15 is 0 Å². The van der Waals surface area contributed by atoms with E-state index in [1.807, 2.05) is 4.57 Å². The summed E-state index contributed by atoms with van der Waals surface area (Å²) >= 11 is 0. The maximum Gasteiger partial charge on any atom is 0.270 e. The highest BCUT2D eigenvalue weighted by Gasteiger charge is 2.43. The Labute approximate surface area is 319 Å². The minimum absolute atomic E-state index is 0.0123. The number of aromatic nitrogens is 4. The van der Waals surface area contributed by atoms with Crippen LogP contribution in [0.15, 0.2) is 30.5 Å². The summed E-state index contributed by atoms with van der Waals surface area (Å²) in [5.74, 6) is 8.42. The molecule has 2 aliphatic carbocycles. The van der Waals surface area contributed by atoms with Gasteiger partial charge in [0.25, 0.3) is 17.7 Å². The second kappa shape index (κ2) is 14.0. The van der Waals surface area contributed by atoms with E-state index in [1.165, 1.54) is 39.1 Å². The lowest BCUT2D eigenvalue weighted by atomic mass is 9.75. The number of imidazole rings is 2. The number of halogens is 2. The van der Waals surface area contributed by atoms with Crippen molar-refractivity contribution < 1.29 is 43.6 Å². The lowest BCUT2D eigenvalue weighted by molar-refractivity contribution is 0.0517. The Bertz CT molecular complexity index is 2450. The highest BCUT2D eigenvalue weighted by molar-refractivity contribution is 6.05. The maximum absolute atomic E-state index is 14.7. The molecule has 2 unspecified atom stereocenters. The summed E-state index contributed by atoms with van der Waals surface area (Å²) in [7, 11) is 1.46. The van der Waals surface area contributed by atoms with Crippen LogP contribution in [0.3, 0.4) is 0 Å². The molecule has 6 aliphatic rings. The van der Waals surface area contributed by atoms with Gasteiger partial charge < -0.3 is 46.3 Å². The topological polar surface area (TPSA) is 232 Å². The second-order valence-corrected chi connectivity index (χ2v) is 15.0. The van der Waals surface area contributed by atoms with Crippen LogP contribution < -0.4 is 16.8 Å². The average Bonchev–Trinajstić information content (AvgIpc) is 3.61. The molecular weight excluding hydrogens is 728 g/mol. The van der Waals surface area contributed by atoms with Crippen LogP contribution in [0.5, 0.6) is 0 Å². The monoisotopic (exact) mass is 767 g/mol. The summed E-state index contributed by atoms with van der Waals surface area (Å²) in [5, 5.41) is 40.5. The number of aliphatic hydroxyl groups excluding tert-OH is 2. The number of hydrogen-bond acceptors (Lipinski definition) is 9. The molecule has 10 rings (SSSR count). The van der Waals surface area contributed by atoms with Gasteiger partial charge in [-0.15, -0.1) is 0 Å². The number of nitrogens with one attached hydrogen (secondary N) is 1. The predicted molar refractivity (Wildman–Crippen MR) is 197 cm³/mol. The summed E-state index contributed by atoms with van der Waals surface area (Å²) in [4.78, 5) is 44.7. The number of aliphatic hydroxyl groups is 4. The van der Waals surface area contributed by atoms with Gasteiger partial charge in [0.15, 0.2) is 5.69 Å². The Balaban J connectivity index is 0.000000173. The summed E-state index contributed by atoms with van der Waals surface area (Å²) in [5.41, 5.74) is 10.6. The van der Waals surface area contributed by atoms with E-state index < -0.39 is 53.8 Å². The van der Waals surface area contributed by atoms with E-state index in [4.69, 9.17) is 21.7 Å². The first kappa shape index (κ1) is 38.4. The van der Waals surface area contributed by atoms with Gasteiger partial charge in [0, 0.05) is 36.5 Å². The van der Waals surface area contributed by atoms with Crippen molar-refractivity contribution >= 4 is 17.7 Å². The van der Waals surface area contributed by atoms with E-state index in [-0.39, 0.29) is 52.1 Å². The Morgan fingerprint density at radius 2 is 1.32 bits per heavy atom. The first-order valence-corrected chi connectivity index (χ1v) is 17.9. The standard InChI is InChI=1S/C21H21FN4O4.C19H18FN3O3/c1-21(30,9-27)4-3-10-7-14-13(8-15(10)22)11-5-12(6-11)26-17(20(29)24-2)16(18(23)28)25-19(14)26;1-19(26,9-24)3-2-10-6-14-13(7-15(10)20)11-4-12(5-11)23-8-16(17(21)25)22-18(14)23/h7-8,11-12,27,30H,5-6,9H2,1-2H3,(H2,23,28)(H,24,29);6-8,11-12,24,26H,4-5,9H2,1H3,(H2,21,25). The maximum atomic E-state index is 14.7. The zero-order valence-electron chi connectivity index (χ0n) is 30.7. The fraction of sp³-hybridized carbons (Fsp3) is 0.375. The molecule has 56 heavy (non-hydrogen) atoms. The Kier molecular flexibility index (Phi) is 9.58. The van der Waals surface area contributed by atoms with E-state index in [0.717, 1.165) is 29.5 Å². The summed E-state index contributed by atoms with van der Waals surface area (Å²) in [6.45, 7) is 1.51. The molecule has 0 spiro atoms. The SMILES string of the molecule is CC(O)(C#Cc1cc2c(cc1F)C1CC(C1)n1cc(C(N)=O)nc1-2)CO.CNC(=O)c1c(C(N)=O)nc2n1C1CC(C1)c1cc(F)c(C#CC(C)(O)CO)cc1-2. The van der Waals surface area contributed by atoms with Gasteiger partial charge in [-0.2, -0.15) is 0 Å². The molecule has 4 aliphatic heterocycles. The molecule has 2 fully saturated rings. The minimum atomic E-state index is -1.68. The largest absolute Gasteiger partial charge is 0.392 e.